The number of benzene rings is 5. The van der Waals surface area contributed by atoms with Crippen LogP contribution in [-0.4, -0.2) is 58.1 Å². The van der Waals surface area contributed by atoms with E-state index in [1.165, 1.54) is 5.56 Å². The molecule has 0 aliphatic heterocycles. The molecular formula is C48H34Br4Cl8N10O6. The van der Waals surface area contributed by atoms with Crippen LogP contribution in [0.25, 0.3) is 57.3 Å². The molecule has 0 bridgehead atoms. The fourth-order valence-electron chi connectivity index (χ4n) is 5.60. The second-order valence-electron chi connectivity index (χ2n) is 14.8. The zero-order chi connectivity index (χ0) is 55.0. The third-order valence-corrected chi connectivity index (χ3v) is 12.0. The third kappa shape index (κ3) is 18.8. The molecule has 0 amide bonds. The number of alkyl halides is 12. The quantitative estimate of drug-likeness (QED) is 0.130. The Morgan fingerprint density at radius 3 is 1.26 bits per heavy atom. The second-order valence-corrected chi connectivity index (χ2v) is 27.8. The number of ether oxygens (including phenoxy) is 1. The van der Waals surface area contributed by atoms with Gasteiger partial charge in [-0.1, -0.05) is 181 Å². The molecule has 76 heavy (non-hydrogen) atoms. The number of nitrogens with zero attached hydrogens (tertiary/aromatic N) is 10. The number of hydrogen-bond acceptors (Lipinski definition) is 16. The predicted octanol–water partition coefficient (Wildman–Crippen LogP) is 17.6. The van der Waals surface area contributed by atoms with Gasteiger partial charge in [-0.3, -0.25) is 0 Å². The molecule has 0 unspecified atom stereocenters. The van der Waals surface area contributed by atoms with Gasteiger partial charge in [0.25, 0.3) is 25.3 Å². The number of aryl methyl sites for hydroxylation is 2. The lowest BCUT2D eigenvalue weighted by Gasteiger charge is -2.03. The van der Waals surface area contributed by atoms with Crippen LogP contribution in [0.2, 0.25) is 0 Å². The summed E-state index contributed by atoms with van der Waals surface area (Å²) in [4.78, 5) is -0.778. The Labute approximate surface area is 507 Å². The smallest absolute Gasteiger partial charge is 0.268 e. The van der Waals surface area contributed by atoms with Gasteiger partial charge in [0.1, 0.15) is 5.75 Å². The largest absolute Gasteiger partial charge is 0.497 e. The standard InChI is InChI=1S/C10H7Br3N2O.C10H7Cl3N2O2.C10H7Cl3N2O.C9H7BrN2O.C9H6Cl2N2O/c1-6-2-4-7(5-3-6)8-14-15-9(16-8)10(11,12)13;1-16-7-4-2-6(3-5-7)8-14-15-9(17-8)10(11,12)13;1-6-3-2-4-7(5-6)8-14-15-9(16-8)10(11,12)13;10-6-8-11-12-9(13-8)7-4-2-1-3-5-7;10-7(11)9-13-12-8(14-9)6-4-2-1-3-5-6/h2-5H,1H3;2-5H,1H3;2-5H,1H3;1-5H,6H2;1-5,7H. The van der Waals surface area contributed by atoms with Crippen molar-refractivity contribution in [3.8, 4) is 63.0 Å². The Morgan fingerprint density at radius 2 is 0.855 bits per heavy atom. The van der Waals surface area contributed by atoms with Gasteiger partial charge < -0.3 is 26.8 Å². The highest BCUT2D eigenvalue weighted by atomic mass is 80.0. The summed E-state index contributed by atoms with van der Waals surface area (Å²) in [7, 11) is 1.59. The third-order valence-electron chi connectivity index (χ3n) is 9.15. The van der Waals surface area contributed by atoms with E-state index < -0.39 is 14.6 Å². The normalized spacial score (nSPS) is 11.3. The van der Waals surface area contributed by atoms with Crippen molar-refractivity contribution in [2.45, 2.75) is 33.7 Å². The van der Waals surface area contributed by atoms with Crippen LogP contribution < -0.4 is 4.74 Å². The van der Waals surface area contributed by atoms with Crippen LogP contribution in [0.15, 0.2) is 156 Å². The molecule has 16 nitrogen and oxygen atoms in total. The molecule has 0 spiro atoms. The summed E-state index contributed by atoms with van der Waals surface area (Å²) in [5.41, 5.74) is 6.50. The van der Waals surface area contributed by atoms with E-state index in [0.717, 1.165) is 39.1 Å². The number of aromatic nitrogens is 10. The fourth-order valence-corrected chi connectivity index (χ4v) is 6.94. The first-order valence-electron chi connectivity index (χ1n) is 21.2. The van der Waals surface area contributed by atoms with Crippen molar-refractivity contribution >= 4 is 157 Å². The van der Waals surface area contributed by atoms with Crippen molar-refractivity contribution in [3.63, 3.8) is 0 Å². The first-order valence-corrected chi connectivity index (χ1v) is 27.9. The van der Waals surface area contributed by atoms with Crippen LogP contribution in [0, 0.1) is 13.8 Å². The van der Waals surface area contributed by atoms with Gasteiger partial charge in [0, 0.05) is 27.8 Å². The zero-order valence-electron chi connectivity index (χ0n) is 38.9. The molecule has 5 aromatic heterocycles. The van der Waals surface area contributed by atoms with Crippen molar-refractivity contribution in [1.82, 2.24) is 51.0 Å². The Balaban J connectivity index is 0.000000155. The van der Waals surface area contributed by atoms with Crippen molar-refractivity contribution in [2.75, 3.05) is 7.11 Å². The van der Waals surface area contributed by atoms with E-state index in [1.54, 1.807) is 31.4 Å². The van der Waals surface area contributed by atoms with Crippen LogP contribution >= 0.6 is 157 Å². The Hall–Kier alpha value is -4.16. The summed E-state index contributed by atoms with van der Waals surface area (Å²) < 4.78 is 27.6. The van der Waals surface area contributed by atoms with E-state index in [4.69, 9.17) is 120 Å². The Morgan fingerprint density at radius 1 is 0.447 bits per heavy atom. The molecule has 0 radical (unpaired) electrons. The zero-order valence-corrected chi connectivity index (χ0v) is 51.3. The minimum absolute atomic E-state index is 0.0333. The first-order chi connectivity index (χ1) is 36.1. The molecule has 396 valence electrons. The maximum atomic E-state index is 5.63. The molecule has 28 heteroatoms. The van der Waals surface area contributed by atoms with Gasteiger partial charge in [0.05, 0.1) is 12.4 Å². The van der Waals surface area contributed by atoms with Crippen LogP contribution in [0.1, 0.15) is 45.4 Å². The molecule has 0 N–H and O–H groups in total. The Kier molecular flexibility index (Phi) is 23.0. The van der Waals surface area contributed by atoms with Gasteiger partial charge in [-0.05, 0) is 134 Å². The molecule has 5 heterocycles. The molecule has 5 aromatic carbocycles. The fraction of sp³-hybridized carbons (Fsp3) is 0.167. The first kappa shape index (κ1) is 61.1. The number of methoxy groups -OCH3 is 1. The molecule has 0 atom stereocenters. The number of halogens is 12. The lowest BCUT2D eigenvalue weighted by atomic mass is 10.1. The van der Waals surface area contributed by atoms with Crippen molar-refractivity contribution in [3.05, 3.63) is 174 Å². The monoisotopic (exact) mass is 1440 g/mol. The summed E-state index contributed by atoms with van der Waals surface area (Å²) >= 11 is 58.1. The van der Waals surface area contributed by atoms with Crippen molar-refractivity contribution in [1.29, 1.82) is 0 Å². The average molecular weight is 1450 g/mol. The molecule has 10 aromatic rings. The minimum atomic E-state index is -1.71. The maximum absolute atomic E-state index is 5.63. The van der Waals surface area contributed by atoms with Crippen molar-refractivity contribution in [2.24, 2.45) is 0 Å². The summed E-state index contributed by atoms with van der Waals surface area (Å²) in [5.74, 6) is 3.98. The van der Waals surface area contributed by atoms with E-state index >= 15 is 0 Å². The lowest BCUT2D eigenvalue weighted by Crippen LogP contribution is -1.99. The highest BCUT2D eigenvalue weighted by Gasteiger charge is 2.32. The maximum Gasteiger partial charge on any atom is 0.268 e. The minimum Gasteiger partial charge on any atom is -0.497 e. The van der Waals surface area contributed by atoms with Gasteiger partial charge in [-0.2, -0.15) is 0 Å². The number of rotatable bonds is 8. The molecule has 0 aliphatic rings. The molecule has 0 aliphatic carbocycles. The summed E-state index contributed by atoms with van der Waals surface area (Å²) in [5, 5.41) is 38.8. The van der Waals surface area contributed by atoms with E-state index in [9.17, 15) is 0 Å². The lowest BCUT2D eigenvalue weighted by molar-refractivity contribution is 0.415. The molecule has 10 rings (SSSR count). The highest BCUT2D eigenvalue weighted by molar-refractivity contribution is 9.38. The molecule has 0 fully saturated rings. The summed E-state index contributed by atoms with van der Waals surface area (Å²) in [6.45, 7) is 4.00. The highest BCUT2D eigenvalue weighted by Crippen LogP contribution is 2.44. The van der Waals surface area contributed by atoms with Gasteiger partial charge in [-0.25, -0.2) is 0 Å². The van der Waals surface area contributed by atoms with Crippen LogP contribution in [0.3, 0.4) is 0 Å². The average Bonchev–Trinajstić information content (AvgIpc) is 4.27. The molecule has 0 saturated carbocycles. The van der Waals surface area contributed by atoms with E-state index in [-0.39, 0.29) is 23.6 Å². The van der Waals surface area contributed by atoms with Crippen LogP contribution in [0.4, 0.5) is 0 Å². The SMILES string of the molecule is BrCc1nnc(-c2ccccc2)o1.COc1ccc(-c2nnc(C(Cl)(Cl)Cl)o2)cc1.Cc1ccc(-c2nnc(C(Br)(Br)Br)o2)cc1.Cc1cccc(-c2nnc(C(Cl)(Cl)Cl)o2)c1.ClC(Cl)c1nnc(-c2ccccc2)o1. The van der Waals surface area contributed by atoms with Gasteiger partial charge in [-0.15, -0.1) is 51.0 Å². The van der Waals surface area contributed by atoms with Gasteiger partial charge in [0.2, 0.25) is 43.4 Å². The number of hydrogen-bond donors (Lipinski definition) is 0. The van der Waals surface area contributed by atoms with Crippen molar-refractivity contribution < 1.29 is 26.8 Å². The topological polar surface area (TPSA) is 204 Å². The van der Waals surface area contributed by atoms with Crippen LogP contribution in [-0.2, 0) is 15.1 Å². The van der Waals surface area contributed by atoms with E-state index in [1.807, 2.05) is 123 Å². The summed E-state index contributed by atoms with van der Waals surface area (Å²) in [6.07, 6.45) is 0. The van der Waals surface area contributed by atoms with Crippen LogP contribution in [0.5, 0.6) is 5.75 Å². The molecule has 0 saturated heterocycles. The van der Waals surface area contributed by atoms with Gasteiger partial charge in [0.15, 0.2) is 4.84 Å². The van der Waals surface area contributed by atoms with E-state index in [0.29, 0.717) is 40.7 Å². The predicted molar refractivity (Wildman–Crippen MR) is 309 cm³/mol. The summed E-state index contributed by atoms with van der Waals surface area (Å²) in [6, 6.07) is 41.7. The second kappa shape index (κ2) is 28.6. The molecular weight excluding hydrogens is 1420 g/mol. The Bertz CT molecular complexity index is 3330. The van der Waals surface area contributed by atoms with Gasteiger partial charge >= 0.3 is 0 Å². The van der Waals surface area contributed by atoms with E-state index in [2.05, 4.69) is 115 Å².